The zero-order valence-electron chi connectivity index (χ0n) is 10.6. The number of methoxy groups -OCH3 is 1. The molecule has 0 aliphatic heterocycles. The normalized spacial score (nSPS) is 12.3. The van der Waals surface area contributed by atoms with Crippen LogP contribution >= 0.6 is 11.3 Å². The van der Waals surface area contributed by atoms with E-state index in [9.17, 15) is 4.79 Å². The highest BCUT2D eigenvalue weighted by Gasteiger charge is 2.22. The number of aliphatic carboxylic acids is 1. The molecule has 102 valence electrons. The van der Waals surface area contributed by atoms with Crippen molar-refractivity contribution in [3.8, 4) is 16.5 Å². The van der Waals surface area contributed by atoms with Crippen LogP contribution in [-0.4, -0.2) is 38.4 Å². The summed E-state index contributed by atoms with van der Waals surface area (Å²) in [5.74, 6) is 0.359. The minimum Gasteiger partial charge on any atom is -0.495 e. The first-order chi connectivity index (χ1) is 9.17. The number of hydrogen-bond donors (Lipinski definition) is 1. The summed E-state index contributed by atoms with van der Waals surface area (Å²) in [6, 6.07) is 1.56. The van der Waals surface area contributed by atoms with Crippen molar-refractivity contribution in [2.24, 2.45) is 0 Å². The molecule has 0 aromatic carbocycles. The highest BCUT2D eigenvalue weighted by molar-refractivity contribution is 7.13. The molecule has 8 heteroatoms. The molecule has 0 aliphatic rings. The quantitative estimate of drug-likeness (QED) is 0.869. The number of nitrogens with zero attached hydrogens (tertiary/aromatic N) is 4. The van der Waals surface area contributed by atoms with Crippen LogP contribution < -0.4 is 4.74 Å². The standard InChI is InChI=1S/C11H14N4O3S/c1-3-7(6-9(16)17)15-11(12-13-14-15)10-8(18-2)4-5-19-10/h4-5,7H,3,6H2,1-2H3,(H,16,17). The van der Waals surface area contributed by atoms with Crippen molar-refractivity contribution < 1.29 is 14.6 Å². The van der Waals surface area contributed by atoms with Gasteiger partial charge in [0.15, 0.2) is 5.82 Å². The number of carboxylic acids is 1. The van der Waals surface area contributed by atoms with E-state index in [2.05, 4.69) is 15.5 Å². The molecule has 1 atom stereocenters. The number of thiophene rings is 1. The molecule has 0 saturated carbocycles. The van der Waals surface area contributed by atoms with Crippen LogP contribution in [0.5, 0.6) is 5.75 Å². The number of aromatic nitrogens is 4. The van der Waals surface area contributed by atoms with Gasteiger partial charge in [0.1, 0.15) is 10.6 Å². The number of tetrazole rings is 1. The molecule has 7 nitrogen and oxygen atoms in total. The molecule has 2 aromatic heterocycles. The monoisotopic (exact) mass is 282 g/mol. The minimum absolute atomic E-state index is 0.0117. The smallest absolute Gasteiger partial charge is 0.305 e. The van der Waals surface area contributed by atoms with E-state index in [-0.39, 0.29) is 12.5 Å². The average molecular weight is 282 g/mol. The summed E-state index contributed by atoms with van der Waals surface area (Å²) in [5, 5.41) is 22.4. The van der Waals surface area contributed by atoms with Gasteiger partial charge in [-0.1, -0.05) is 6.92 Å². The van der Waals surface area contributed by atoms with Crippen molar-refractivity contribution in [3.63, 3.8) is 0 Å². The van der Waals surface area contributed by atoms with Crippen molar-refractivity contribution in [1.29, 1.82) is 0 Å². The van der Waals surface area contributed by atoms with Gasteiger partial charge in [0, 0.05) is 0 Å². The van der Waals surface area contributed by atoms with E-state index < -0.39 is 5.97 Å². The first-order valence-corrected chi connectivity index (χ1v) is 6.66. The predicted molar refractivity (Wildman–Crippen MR) is 69.3 cm³/mol. The van der Waals surface area contributed by atoms with E-state index in [0.717, 1.165) is 4.88 Å². The van der Waals surface area contributed by atoms with E-state index in [0.29, 0.717) is 18.0 Å². The molecule has 19 heavy (non-hydrogen) atoms. The topological polar surface area (TPSA) is 90.1 Å². The fourth-order valence-corrected chi connectivity index (χ4v) is 2.65. The molecule has 0 spiro atoms. The molecule has 2 rings (SSSR count). The second kappa shape index (κ2) is 5.79. The molecular formula is C11H14N4O3S. The molecule has 1 unspecified atom stereocenters. The Morgan fingerprint density at radius 3 is 3.05 bits per heavy atom. The first-order valence-electron chi connectivity index (χ1n) is 5.78. The van der Waals surface area contributed by atoms with Gasteiger partial charge < -0.3 is 9.84 Å². The summed E-state index contributed by atoms with van der Waals surface area (Å²) >= 11 is 1.46. The summed E-state index contributed by atoms with van der Waals surface area (Å²) in [6.45, 7) is 1.91. The van der Waals surface area contributed by atoms with E-state index in [4.69, 9.17) is 9.84 Å². The van der Waals surface area contributed by atoms with Crippen LogP contribution in [0, 0.1) is 0 Å². The van der Waals surface area contributed by atoms with Crippen molar-refractivity contribution >= 4 is 17.3 Å². The number of carbonyl (C=O) groups is 1. The summed E-state index contributed by atoms with van der Waals surface area (Å²) in [6.07, 6.45) is 0.625. The summed E-state index contributed by atoms with van der Waals surface area (Å²) in [7, 11) is 1.58. The Morgan fingerprint density at radius 1 is 1.63 bits per heavy atom. The summed E-state index contributed by atoms with van der Waals surface area (Å²) in [4.78, 5) is 11.7. The van der Waals surface area contributed by atoms with E-state index >= 15 is 0 Å². The predicted octanol–water partition coefficient (Wildman–Crippen LogP) is 1.84. The van der Waals surface area contributed by atoms with Crippen LogP contribution in [0.2, 0.25) is 0 Å². The number of carboxylic acid groups (broad SMARTS) is 1. The van der Waals surface area contributed by atoms with Gasteiger partial charge in [-0.15, -0.1) is 16.4 Å². The third kappa shape index (κ3) is 2.73. The SMILES string of the molecule is CCC(CC(=O)O)n1nnnc1-c1sccc1OC. The van der Waals surface area contributed by atoms with Crippen molar-refractivity contribution in [1.82, 2.24) is 20.2 Å². The van der Waals surface area contributed by atoms with Gasteiger partial charge in [-0.05, 0) is 28.3 Å². The van der Waals surface area contributed by atoms with Crippen LogP contribution in [0.1, 0.15) is 25.8 Å². The Balaban J connectivity index is 2.38. The Labute approximate surface area is 113 Å². The van der Waals surface area contributed by atoms with Gasteiger partial charge in [-0.2, -0.15) is 0 Å². The fourth-order valence-electron chi connectivity index (χ4n) is 1.82. The maximum atomic E-state index is 10.9. The Hall–Kier alpha value is -1.96. The molecule has 0 fully saturated rings. The lowest BCUT2D eigenvalue weighted by Gasteiger charge is -2.14. The first kappa shape index (κ1) is 13.5. The molecule has 2 heterocycles. The third-order valence-corrected chi connectivity index (χ3v) is 3.66. The van der Waals surface area contributed by atoms with Crippen molar-refractivity contribution in [3.05, 3.63) is 11.4 Å². The van der Waals surface area contributed by atoms with Gasteiger partial charge in [-0.25, -0.2) is 4.68 Å². The largest absolute Gasteiger partial charge is 0.495 e. The Kier molecular flexibility index (Phi) is 4.10. The number of hydrogen-bond acceptors (Lipinski definition) is 6. The molecule has 0 amide bonds. The summed E-state index contributed by atoms with van der Waals surface area (Å²) < 4.78 is 6.80. The second-order valence-corrected chi connectivity index (χ2v) is 4.84. The zero-order chi connectivity index (χ0) is 13.8. The van der Waals surface area contributed by atoms with Gasteiger partial charge in [0.25, 0.3) is 0 Å². The highest BCUT2D eigenvalue weighted by Crippen LogP contribution is 2.35. The molecule has 0 saturated heterocycles. The second-order valence-electron chi connectivity index (χ2n) is 3.93. The molecule has 1 N–H and O–H groups in total. The Morgan fingerprint density at radius 2 is 2.42 bits per heavy atom. The van der Waals surface area contributed by atoms with Crippen LogP contribution in [0.25, 0.3) is 10.7 Å². The lowest BCUT2D eigenvalue weighted by atomic mass is 10.1. The maximum Gasteiger partial charge on any atom is 0.305 e. The lowest BCUT2D eigenvalue weighted by Crippen LogP contribution is -2.15. The van der Waals surface area contributed by atoms with E-state index in [1.807, 2.05) is 18.4 Å². The molecule has 2 aromatic rings. The molecule has 0 aliphatic carbocycles. The van der Waals surface area contributed by atoms with E-state index in [1.165, 1.54) is 11.3 Å². The Bertz CT molecular complexity index is 566. The van der Waals surface area contributed by atoms with Gasteiger partial charge in [-0.3, -0.25) is 4.79 Å². The van der Waals surface area contributed by atoms with Gasteiger partial charge >= 0.3 is 5.97 Å². The fraction of sp³-hybridized carbons (Fsp3) is 0.455. The van der Waals surface area contributed by atoms with Gasteiger partial charge in [0.2, 0.25) is 0 Å². The lowest BCUT2D eigenvalue weighted by molar-refractivity contribution is -0.138. The molecule has 0 radical (unpaired) electrons. The average Bonchev–Trinajstić information content (AvgIpc) is 3.02. The maximum absolute atomic E-state index is 10.9. The molecule has 0 bridgehead atoms. The van der Waals surface area contributed by atoms with Crippen molar-refractivity contribution in [2.45, 2.75) is 25.8 Å². The van der Waals surface area contributed by atoms with Crippen LogP contribution in [0.15, 0.2) is 11.4 Å². The zero-order valence-corrected chi connectivity index (χ0v) is 11.4. The summed E-state index contributed by atoms with van der Waals surface area (Å²) in [5.41, 5.74) is 0. The molecular weight excluding hydrogens is 268 g/mol. The van der Waals surface area contributed by atoms with Crippen LogP contribution in [0.3, 0.4) is 0 Å². The highest BCUT2D eigenvalue weighted by atomic mass is 32.1. The number of ether oxygens (including phenoxy) is 1. The third-order valence-electron chi connectivity index (χ3n) is 2.77. The van der Waals surface area contributed by atoms with Crippen LogP contribution in [-0.2, 0) is 4.79 Å². The van der Waals surface area contributed by atoms with Gasteiger partial charge in [0.05, 0.1) is 19.6 Å². The number of rotatable bonds is 6. The minimum atomic E-state index is -0.869. The van der Waals surface area contributed by atoms with Crippen molar-refractivity contribution in [2.75, 3.05) is 7.11 Å². The van der Waals surface area contributed by atoms with Crippen LogP contribution in [0.4, 0.5) is 0 Å². The van der Waals surface area contributed by atoms with E-state index in [1.54, 1.807) is 11.8 Å².